The van der Waals surface area contributed by atoms with Crippen molar-refractivity contribution in [2.75, 3.05) is 32.8 Å². The SMILES string of the molecule is CNC(=O)c1c(-c2ccc(F)cc2)oc2c(CN3CN(C)c4c(-c5cccc(C(N)=O)c5)ccc5oc(-c6ccc(F)cc6)c(c45)C3=O)cc(-c3cccc(C(=O)O)c3OC)cc12. The van der Waals surface area contributed by atoms with Crippen LogP contribution in [0.4, 0.5) is 14.5 Å². The largest absolute Gasteiger partial charge is 0.495 e. The van der Waals surface area contributed by atoms with Crippen molar-refractivity contribution >= 4 is 51.3 Å². The predicted molar refractivity (Wildman–Crippen MR) is 233 cm³/mol. The van der Waals surface area contributed by atoms with Gasteiger partial charge in [-0.3, -0.25) is 14.4 Å². The molecular formula is C49H36F2N4O8. The molecule has 1 aliphatic heterocycles. The van der Waals surface area contributed by atoms with Crippen LogP contribution in [0.5, 0.6) is 5.75 Å². The summed E-state index contributed by atoms with van der Waals surface area (Å²) in [6, 6.07) is 29.6. The van der Waals surface area contributed by atoms with Crippen LogP contribution in [0.25, 0.3) is 66.8 Å². The third-order valence-corrected chi connectivity index (χ3v) is 11.2. The van der Waals surface area contributed by atoms with Crippen LogP contribution in [0, 0.1) is 11.6 Å². The second-order valence-electron chi connectivity index (χ2n) is 15.0. The number of primary amides is 1. The molecule has 0 atom stereocenters. The molecule has 0 saturated carbocycles. The molecule has 6 aromatic carbocycles. The molecule has 3 amide bonds. The Morgan fingerprint density at radius 1 is 0.810 bits per heavy atom. The smallest absolute Gasteiger partial charge is 0.339 e. The fourth-order valence-corrected chi connectivity index (χ4v) is 8.38. The molecule has 0 unspecified atom stereocenters. The minimum Gasteiger partial charge on any atom is -0.495 e. The first-order valence-electron chi connectivity index (χ1n) is 19.6. The number of halogens is 2. The molecule has 0 spiro atoms. The number of rotatable bonds is 10. The highest BCUT2D eigenvalue weighted by molar-refractivity contribution is 6.18. The molecule has 4 N–H and O–H groups in total. The van der Waals surface area contributed by atoms with Gasteiger partial charge in [0.25, 0.3) is 11.8 Å². The van der Waals surface area contributed by atoms with Gasteiger partial charge in [0.15, 0.2) is 0 Å². The van der Waals surface area contributed by atoms with E-state index in [-0.39, 0.29) is 58.3 Å². The van der Waals surface area contributed by atoms with Crippen LogP contribution in [0.3, 0.4) is 0 Å². The van der Waals surface area contributed by atoms with Gasteiger partial charge in [-0.05, 0) is 102 Å². The maximum Gasteiger partial charge on any atom is 0.339 e. The number of nitrogens with one attached hydrogen (secondary N) is 1. The molecule has 1 aliphatic rings. The average Bonchev–Trinajstić information content (AvgIpc) is 3.85. The number of fused-ring (bicyclic) bond motifs is 1. The van der Waals surface area contributed by atoms with E-state index in [2.05, 4.69) is 5.32 Å². The molecule has 63 heavy (non-hydrogen) atoms. The molecule has 314 valence electrons. The number of carboxylic acids is 1. The summed E-state index contributed by atoms with van der Waals surface area (Å²) in [5, 5.41) is 13.6. The Bertz CT molecular complexity index is 3190. The third kappa shape index (κ3) is 6.87. The highest BCUT2D eigenvalue weighted by atomic mass is 19.1. The van der Waals surface area contributed by atoms with E-state index in [1.165, 1.54) is 68.8 Å². The van der Waals surface area contributed by atoms with Crippen molar-refractivity contribution in [3.05, 3.63) is 155 Å². The number of aromatic carboxylic acids is 1. The second-order valence-corrected chi connectivity index (χ2v) is 15.0. The molecule has 8 aromatic rings. The lowest BCUT2D eigenvalue weighted by atomic mass is 9.95. The Balaban J connectivity index is 1.28. The van der Waals surface area contributed by atoms with E-state index in [0.29, 0.717) is 61.0 Å². The van der Waals surface area contributed by atoms with Crippen molar-refractivity contribution < 1.29 is 46.6 Å². The molecular weight excluding hydrogens is 811 g/mol. The number of para-hydroxylation sites is 1. The van der Waals surface area contributed by atoms with Crippen molar-refractivity contribution in [3.8, 4) is 50.7 Å². The number of carboxylic acid groups (broad SMARTS) is 1. The van der Waals surface area contributed by atoms with Crippen LogP contribution < -0.4 is 20.7 Å². The first-order chi connectivity index (χ1) is 30.4. The van der Waals surface area contributed by atoms with Crippen LogP contribution >= 0.6 is 0 Å². The van der Waals surface area contributed by atoms with E-state index in [4.69, 9.17) is 19.3 Å². The number of furan rings is 2. The summed E-state index contributed by atoms with van der Waals surface area (Å²) in [5.41, 5.74) is 10.9. The number of carbonyl (C=O) groups excluding carboxylic acids is 3. The van der Waals surface area contributed by atoms with Crippen LogP contribution in [0.1, 0.15) is 47.0 Å². The molecule has 3 heterocycles. The van der Waals surface area contributed by atoms with Crippen molar-refractivity contribution in [1.29, 1.82) is 0 Å². The van der Waals surface area contributed by atoms with Crippen LogP contribution in [-0.2, 0) is 6.54 Å². The summed E-state index contributed by atoms with van der Waals surface area (Å²) < 4.78 is 47.2. The summed E-state index contributed by atoms with van der Waals surface area (Å²) in [7, 11) is 4.64. The van der Waals surface area contributed by atoms with Gasteiger partial charge in [-0.2, -0.15) is 0 Å². The number of hydrogen-bond donors (Lipinski definition) is 3. The fraction of sp³-hybridized carbons (Fsp3) is 0.102. The molecule has 14 heteroatoms. The van der Waals surface area contributed by atoms with Gasteiger partial charge >= 0.3 is 5.97 Å². The maximum absolute atomic E-state index is 15.4. The normalized spacial score (nSPS) is 12.5. The lowest BCUT2D eigenvalue weighted by Gasteiger charge is -2.28. The summed E-state index contributed by atoms with van der Waals surface area (Å²) >= 11 is 0. The first kappa shape index (κ1) is 40.2. The van der Waals surface area contributed by atoms with E-state index in [1.54, 1.807) is 53.4 Å². The van der Waals surface area contributed by atoms with Crippen molar-refractivity contribution in [3.63, 3.8) is 0 Å². The number of hydrogen-bond acceptors (Lipinski definition) is 8. The van der Waals surface area contributed by atoms with E-state index < -0.39 is 35.3 Å². The summed E-state index contributed by atoms with van der Waals surface area (Å²) in [4.78, 5) is 57.3. The Hall–Kier alpha value is -8.26. The highest BCUT2D eigenvalue weighted by Crippen LogP contribution is 2.47. The number of carbonyl (C=O) groups is 4. The average molecular weight is 847 g/mol. The zero-order valence-corrected chi connectivity index (χ0v) is 33.9. The molecule has 0 bridgehead atoms. The number of ether oxygens (including phenoxy) is 1. The van der Waals surface area contributed by atoms with E-state index in [9.17, 15) is 28.3 Å². The van der Waals surface area contributed by atoms with Crippen LogP contribution in [0.2, 0.25) is 0 Å². The van der Waals surface area contributed by atoms with Crippen molar-refractivity contribution in [2.24, 2.45) is 5.73 Å². The summed E-state index contributed by atoms with van der Waals surface area (Å²) in [6.45, 7) is -0.136. The van der Waals surface area contributed by atoms with Crippen molar-refractivity contribution in [1.82, 2.24) is 10.2 Å². The predicted octanol–water partition coefficient (Wildman–Crippen LogP) is 9.34. The van der Waals surface area contributed by atoms with Gasteiger partial charge in [-0.25, -0.2) is 13.6 Å². The number of methoxy groups -OCH3 is 1. The minimum atomic E-state index is -1.22. The van der Waals surface area contributed by atoms with Gasteiger partial charge in [0, 0.05) is 52.9 Å². The number of benzene rings is 6. The molecule has 0 saturated heterocycles. The van der Waals surface area contributed by atoms with Gasteiger partial charge in [-0.1, -0.05) is 24.3 Å². The Labute approximate surface area is 357 Å². The zero-order chi connectivity index (χ0) is 44.3. The number of anilines is 1. The lowest BCUT2D eigenvalue weighted by Crippen LogP contribution is -2.38. The van der Waals surface area contributed by atoms with E-state index >= 15 is 4.79 Å². The minimum absolute atomic E-state index is 0.00460. The van der Waals surface area contributed by atoms with Crippen LogP contribution in [0.15, 0.2) is 124 Å². The number of nitrogens with zero attached hydrogens (tertiary/aromatic N) is 2. The van der Waals surface area contributed by atoms with Crippen molar-refractivity contribution in [2.45, 2.75) is 6.54 Å². The van der Waals surface area contributed by atoms with Gasteiger partial charge in [-0.15, -0.1) is 0 Å². The number of nitrogens with two attached hydrogens (primary N) is 1. The molecule has 0 radical (unpaired) electrons. The van der Waals surface area contributed by atoms with Crippen LogP contribution in [-0.4, -0.2) is 61.6 Å². The maximum atomic E-state index is 15.4. The first-order valence-corrected chi connectivity index (χ1v) is 19.6. The lowest BCUT2D eigenvalue weighted by molar-refractivity contribution is 0.0691. The molecule has 0 fully saturated rings. The number of amides is 3. The zero-order valence-electron chi connectivity index (χ0n) is 33.9. The summed E-state index contributed by atoms with van der Waals surface area (Å²) in [5.74, 6) is -3.36. The Morgan fingerprint density at radius 3 is 2.14 bits per heavy atom. The monoisotopic (exact) mass is 846 g/mol. The van der Waals surface area contributed by atoms with Gasteiger partial charge in [0.2, 0.25) is 5.91 Å². The molecule has 9 rings (SSSR count). The standard InChI is InChI=1S/C49H36F2N4O8/c1-53-47(57)38-36-22-29(34-8-5-9-35(49(59)60)45(34)61-3)21-30(42(36)63-43(38)25-10-14-31(50)15-11-25)23-55-24-54(2)41-33(27-6-4-7-28(20-27)46(52)56)18-19-37-39(41)40(48(55)58)44(62-37)26-12-16-32(51)17-13-26/h4-22H,23-24H2,1-3H3,(H2,52,56)(H,53,57)(H,59,60). The van der Waals surface area contributed by atoms with Gasteiger partial charge in [0.1, 0.15) is 45.6 Å². The van der Waals surface area contributed by atoms with E-state index in [1.807, 2.05) is 24.1 Å². The molecule has 0 aliphatic carbocycles. The Morgan fingerprint density at radius 2 is 1.49 bits per heavy atom. The molecule has 2 aromatic heterocycles. The third-order valence-electron chi connectivity index (χ3n) is 11.2. The van der Waals surface area contributed by atoms with Gasteiger partial charge in [0.05, 0.1) is 42.5 Å². The topological polar surface area (TPSA) is 169 Å². The quantitative estimate of drug-likeness (QED) is 0.121. The van der Waals surface area contributed by atoms with Gasteiger partial charge < -0.3 is 39.5 Å². The highest BCUT2D eigenvalue weighted by Gasteiger charge is 2.35. The molecule has 12 nitrogen and oxygen atoms in total. The second kappa shape index (κ2) is 15.6. The Kier molecular flexibility index (Phi) is 9.97. The summed E-state index contributed by atoms with van der Waals surface area (Å²) in [6.07, 6.45) is 0. The van der Waals surface area contributed by atoms with E-state index in [0.717, 1.165) is 0 Å². The fourth-order valence-electron chi connectivity index (χ4n) is 8.38.